The van der Waals surface area contributed by atoms with Gasteiger partial charge in [0.1, 0.15) is 0 Å². The van der Waals surface area contributed by atoms with Crippen LogP contribution in [0.3, 0.4) is 0 Å². The Kier molecular flexibility index (Phi) is 5.80. The molecule has 4 heteroatoms. The quantitative estimate of drug-likeness (QED) is 0.763. The summed E-state index contributed by atoms with van der Waals surface area (Å²) in [6.45, 7) is 3.51. The van der Waals surface area contributed by atoms with Crippen molar-refractivity contribution >= 4 is 0 Å². The van der Waals surface area contributed by atoms with Gasteiger partial charge in [0.25, 0.3) is 0 Å². The molecule has 1 aromatic carbocycles. The van der Waals surface area contributed by atoms with Crippen molar-refractivity contribution in [3.8, 4) is 11.5 Å². The summed E-state index contributed by atoms with van der Waals surface area (Å²) in [5, 5.41) is 13.0. The first-order chi connectivity index (χ1) is 8.21. The second kappa shape index (κ2) is 7.14. The Morgan fingerprint density at radius 2 is 2.12 bits per heavy atom. The van der Waals surface area contributed by atoms with Gasteiger partial charge in [-0.05, 0) is 24.1 Å². The van der Waals surface area contributed by atoms with E-state index in [0.717, 1.165) is 12.0 Å². The highest BCUT2D eigenvalue weighted by molar-refractivity contribution is 5.41. The first kappa shape index (κ1) is 13.8. The number of phenols is 1. The molecular weight excluding hydrogens is 218 g/mol. The van der Waals surface area contributed by atoms with Crippen LogP contribution in [0, 0.1) is 0 Å². The Morgan fingerprint density at radius 1 is 1.35 bits per heavy atom. The van der Waals surface area contributed by atoms with Gasteiger partial charge >= 0.3 is 0 Å². The van der Waals surface area contributed by atoms with Crippen molar-refractivity contribution < 1.29 is 14.6 Å². The molecule has 0 saturated carbocycles. The normalized spacial score (nSPS) is 12.4. The van der Waals surface area contributed by atoms with E-state index < -0.39 is 0 Å². The predicted octanol–water partition coefficient (Wildman–Crippen LogP) is 1.92. The smallest absolute Gasteiger partial charge is 0.160 e. The average molecular weight is 239 g/mol. The molecule has 0 aliphatic carbocycles. The van der Waals surface area contributed by atoms with Crippen LogP contribution < -0.4 is 10.1 Å². The second-order valence-electron chi connectivity index (χ2n) is 3.95. The van der Waals surface area contributed by atoms with Gasteiger partial charge in [-0.2, -0.15) is 0 Å². The van der Waals surface area contributed by atoms with Crippen molar-refractivity contribution in [2.45, 2.75) is 25.9 Å². The molecule has 0 fully saturated rings. The lowest BCUT2D eigenvalue weighted by molar-refractivity contribution is 0.164. The number of methoxy groups -OCH3 is 2. The lowest BCUT2D eigenvalue weighted by atomic mass is 10.1. The molecule has 0 spiro atoms. The largest absolute Gasteiger partial charge is 0.504 e. The second-order valence-corrected chi connectivity index (χ2v) is 3.95. The van der Waals surface area contributed by atoms with Crippen molar-refractivity contribution in [1.82, 2.24) is 5.32 Å². The molecule has 0 heterocycles. The van der Waals surface area contributed by atoms with Crippen LogP contribution >= 0.6 is 0 Å². The van der Waals surface area contributed by atoms with E-state index in [1.807, 2.05) is 6.07 Å². The molecule has 17 heavy (non-hydrogen) atoms. The fourth-order valence-electron chi connectivity index (χ4n) is 1.63. The summed E-state index contributed by atoms with van der Waals surface area (Å²) < 4.78 is 10.1. The van der Waals surface area contributed by atoms with Gasteiger partial charge in [0.15, 0.2) is 11.5 Å². The number of hydrogen-bond acceptors (Lipinski definition) is 4. The number of benzene rings is 1. The van der Waals surface area contributed by atoms with Gasteiger partial charge in [-0.25, -0.2) is 0 Å². The minimum absolute atomic E-state index is 0.173. The van der Waals surface area contributed by atoms with Gasteiger partial charge in [-0.1, -0.05) is 13.0 Å². The van der Waals surface area contributed by atoms with Gasteiger partial charge in [-0.15, -0.1) is 0 Å². The van der Waals surface area contributed by atoms with Crippen LogP contribution in [0.4, 0.5) is 0 Å². The highest BCUT2D eigenvalue weighted by atomic mass is 16.5. The van der Waals surface area contributed by atoms with Crippen LogP contribution in [-0.2, 0) is 11.3 Å². The molecule has 96 valence electrons. The maximum atomic E-state index is 9.64. The fourth-order valence-corrected chi connectivity index (χ4v) is 1.63. The van der Waals surface area contributed by atoms with E-state index in [4.69, 9.17) is 9.47 Å². The summed E-state index contributed by atoms with van der Waals surface area (Å²) in [5.74, 6) is 0.671. The van der Waals surface area contributed by atoms with Crippen molar-refractivity contribution in [3.05, 3.63) is 23.8 Å². The molecule has 0 radical (unpaired) electrons. The van der Waals surface area contributed by atoms with Crippen LogP contribution in [0.2, 0.25) is 0 Å². The van der Waals surface area contributed by atoms with Crippen molar-refractivity contribution in [1.29, 1.82) is 0 Å². The molecule has 0 saturated heterocycles. The van der Waals surface area contributed by atoms with E-state index in [-0.39, 0.29) is 5.75 Å². The monoisotopic (exact) mass is 239 g/mol. The number of ether oxygens (including phenoxy) is 2. The van der Waals surface area contributed by atoms with E-state index in [0.29, 0.717) is 24.9 Å². The maximum absolute atomic E-state index is 9.64. The van der Waals surface area contributed by atoms with Gasteiger partial charge in [-0.3, -0.25) is 0 Å². The van der Waals surface area contributed by atoms with Crippen LogP contribution in [0.5, 0.6) is 11.5 Å². The van der Waals surface area contributed by atoms with Crippen molar-refractivity contribution in [2.24, 2.45) is 0 Å². The molecule has 4 nitrogen and oxygen atoms in total. The fraction of sp³-hybridized carbons (Fsp3) is 0.538. The standard InChI is InChI=1S/C13H21NO3/c1-4-11(9-16-2)14-8-10-5-6-13(17-3)12(15)7-10/h5-7,11,14-15H,4,8-9H2,1-3H3. The molecule has 1 atom stereocenters. The first-order valence-electron chi connectivity index (χ1n) is 5.79. The number of phenolic OH excluding ortho intramolecular Hbond substituents is 1. The molecule has 1 aromatic rings. The number of nitrogens with one attached hydrogen (secondary N) is 1. The van der Waals surface area contributed by atoms with E-state index in [1.165, 1.54) is 0 Å². The van der Waals surface area contributed by atoms with E-state index in [1.54, 1.807) is 26.4 Å². The lowest BCUT2D eigenvalue weighted by Crippen LogP contribution is -2.31. The predicted molar refractivity (Wildman–Crippen MR) is 67.5 cm³/mol. The number of rotatable bonds is 7. The molecular formula is C13H21NO3. The SMILES string of the molecule is CCC(COC)NCc1ccc(OC)c(O)c1. The highest BCUT2D eigenvalue weighted by Gasteiger charge is 2.06. The summed E-state index contributed by atoms with van der Waals surface area (Å²) in [5.41, 5.74) is 1.03. The third-order valence-corrected chi connectivity index (χ3v) is 2.70. The van der Waals surface area contributed by atoms with Crippen LogP contribution in [0.1, 0.15) is 18.9 Å². The summed E-state index contributed by atoms with van der Waals surface area (Å²) >= 11 is 0. The van der Waals surface area contributed by atoms with Crippen LogP contribution in [0.15, 0.2) is 18.2 Å². The molecule has 0 bridgehead atoms. The average Bonchev–Trinajstić information content (AvgIpc) is 2.34. The van der Waals surface area contributed by atoms with Gasteiger partial charge in [0.05, 0.1) is 13.7 Å². The van der Waals surface area contributed by atoms with Gasteiger partial charge in [0.2, 0.25) is 0 Å². The van der Waals surface area contributed by atoms with Gasteiger partial charge < -0.3 is 19.9 Å². The Bertz CT molecular complexity index is 341. The topological polar surface area (TPSA) is 50.7 Å². The Balaban J connectivity index is 2.54. The minimum Gasteiger partial charge on any atom is -0.504 e. The van der Waals surface area contributed by atoms with E-state index >= 15 is 0 Å². The maximum Gasteiger partial charge on any atom is 0.160 e. The summed E-state index contributed by atoms with van der Waals surface area (Å²) in [7, 11) is 3.24. The van der Waals surface area contributed by atoms with Crippen molar-refractivity contribution in [3.63, 3.8) is 0 Å². The zero-order valence-corrected chi connectivity index (χ0v) is 10.7. The van der Waals surface area contributed by atoms with Gasteiger partial charge in [0, 0.05) is 19.7 Å². The minimum atomic E-state index is 0.173. The van der Waals surface area contributed by atoms with Crippen LogP contribution in [0.25, 0.3) is 0 Å². The van der Waals surface area contributed by atoms with Crippen molar-refractivity contribution in [2.75, 3.05) is 20.8 Å². The zero-order chi connectivity index (χ0) is 12.7. The summed E-state index contributed by atoms with van der Waals surface area (Å²) in [6, 6.07) is 5.75. The summed E-state index contributed by atoms with van der Waals surface area (Å²) in [6.07, 6.45) is 1.01. The van der Waals surface area contributed by atoms with E-state index in [2.05, 4.69) is 12.2 Å². The molecule has 0 aromatic heterocycles. The van der Waals surface area contributed by atoms with Crippen LogP contribution in [-0.4, -0.2) is 32.0 Å². The lowest BCUT2D eigenvalue weighted by Gasteiger charge is -2.16. The first-order valence-corrected chi connectivity index (χ1v) is 5.79. The Hall–Kier alpha value is -1.26. The number of aromatic hydroxyl groups is 1. The Morgan fingerprint density at radius 3 is 2.65 bits per heavy atom. The third kappa shape index (κ3) is 4.24. The molecule has 1 unspecified atom stereocenters. The van der Waals surface area contributed by atoms with E-state index in [9.17, 15) is 5.11 Å². The third-order valence-electron chi connectivity index (χ3n) is 2.70. The Labute approximate surface area is 103 Å². The molecule has 2 N–H and O–H groups in total. The molecule has 0 aliphatic rings. The molecule has 0 amide bonds. The highest BCUT2D eigenvalue weighted by Crippen LogP contribution is 2.26. The molecule has 1 rings (SSSR count). The summed E-state index contributed by atoms with van der Waals surface area (Å²) in [4.78, 5) is 0. The number of hydrogen-bond donors (Lipinski definition) is 2. The molecule has 0 aliphatic heterocycles. The zero-order valence-electron chi connectivity index (χ0n) is 10.7.